The van der Waals surface area contributed by atoms with Gasteiger partial charge in [-0.15, -0.1) is 0 Å². The number of halogens is 1. The average molecular weight is 198 g/mol. The van der Waals surface area contributed by atoms with E-state index in [1.807, 2.05) is 6.07 Å². The zero-order chi connectivity index (χ0) is 7.56. The SMILES string of the molecule is Cc1nc(C#N)cnc1Br. The van der Waals surface area contributed by atoms with Crippen LogP contribution in [0.1, 0.15) is 11.4 Å². The molecule has 0 saturated carbocycles. The van der Waals surface area contributed by atoms with Gasteiger partial charge in [-0.2, -0.15) is 5.26 Å². The van der Waals surface area contributed by atoms with Crippen LogP contribution in [0.15, 0.2) is 10.8 Å². The van der Waals surface area contributed by atoms with E-state index in [0.29, 0.717) is 10.3 Å². The van der Waals surface area contributed by atoms with E-state index in [-0.39, 0.29) is 0 Å². The zero-order valence-corrected chi connectivity index (χ0v) is 6.88. The Hall–Kier alpha value is -0.950. The van der Waals surface area contributed by atoms with E-state index in [1.165, 1.54) is 6.20 Å². The van der Waals surface area contributed by atoms with Gasteiger partial charge in [-0.3, -0.25) is 0 Å². The first kappa shape index (κ1) is 7.16. The fraction of sp³-hybridized carbons (Fsp3) is 0.167. The van der Waals surface area contributed by atoms with E-state index < -0.39 is 0 Å². The van der Waals surface area contributed by atoms with Crippen LogP contribution in [0, 0.1) is 18.3 Å². The van der Waals surface area contributed by atoms with Crippen molar-refractivity contribution in [2.75, 3.05) is 0 Å². The van der Waals surface area contributed by atoms with Crippen LogP contribution in [0.4, 0.5) is 0 Å². The van der Waals surface area contributed by atoms with Gasteiger partial charge in [0.05, 0.1) is 11.9 Å². The summed E-state index contributed by atoms with van der Waals surface area (Å²) >= 11 is 3.18. The summed E-state index contributed by atoms with van der Waals surface area (Å²) in [6.45, 7) is 1.79. The van der Waals surface area contributed by atoms with Crippen LogP contribution in [0.3, 0.4) is 0 Å². The van der Waals surface area contributed by atoms with Crippen molar-refractivity contribution in [3.63, 3.8) is 0 Å². The molecule has 0 bridgehead atoms. The summed E-state index contributed by atoms with van der Waals surface area (Å²) in [5.74, 6) is 0. The van der Waals surface area contributed by atoms with Gasteiger partial charge in [-0.25, -0.2) is 9.97 Å². The van der Waals surface area contributed by atoms with E-state index >= 15 is 0 Å². The zero-order valence-electron chi connectivity index (χ0n) is 5.30. The molecule has 0 radical (unpaired) electrons. The van der Waals surface area contributed by atoms with Crippen LogP contribution in [-0.2, 0) is 0 Å². The first-order valence-corrected chi connectivity index (χ1v) is 3.42. The van der Waals surface area contributed by atoms with Crippen molar-refractivity contribution in [2.24, 2.45) is 0 Å². The summed E-state index contributed by atoms with van der Waals surface area (Å²) in [5.41, 5.74) is 1.08. The molecular formula is C6H4BrN3. The standard InChI is InChI=1S/C6H4BrN3/c1-4-6(7)9-3-5(2-8)10-4/h3H,1H3. The molecule has 0 atom stereocenters. The Kier molecular flexibility index (Phi) is 1.97. The Bertz CT molecular complexity index is 290. The molecule has 0 saturated heterocycles. The molecule has 1 aromatic rings. The first-order chi connectivity index (χ1) is 4.74. The number of aromatic nitrogens is 2. The van der Waals surface area contributed by atoms with Crippen LogP contribution in [0.5, 0.6) is 0 Å². The molecule has 4 heteroatoms. The van der Waals surface area contributed by atoms with Crippen molar-refractivity contribution in [2.45, 2.75) is 6.92 Å². The van der Waals surface area contributed by atoms with E-state index in [4.69, 9.17) is 5.26 Å². The van der Waals surface area contributed by atoms with Gasteiger partial charge in [0.25, 0.3) is 0 Å². The molecule has 50 valence electrons. The number of nitriles is 1. The van der Waals surface area contributed by atoms with Crippen LogP contribution >= 0.6 is 15.9 Å². The third-order valence-corrected chi connectivity index (χ3v) is 1.78. The fourth-order valence-electron chi connectivity index (χ4n) is 0.521. The summed E-state index contributed by atoms with van der Waals surface area (Å²) in [4.78, 5) is 7.80. The summed E-state index contributed by atoms with van der Waals surface area (Å²) in [5, 5.41) is 8.39. The van der Waals surface area contributed by atoms with E-state index in [2.05, 4.69) is 25.9 Å². The van der Waals surface area contributed by atoms with Gasteiger partial charge in [-0.05, 0) is 22.9 Å². The summed E-state index contributed by atoms with van der Waals surface area (Å²) in [6, 6.07) is 1.90. The Morgan fingerprint density at radius 2 is 2.40 bits per heavy atom. The maximum Gasteiger partial charge on any atom is 0.159 e. The lowest BCUT2D eigenvalue weighted by Gasteiger charge is -1.93. The number of hydrogen-bond acceptors (Lipinski definition) is 3. The molecule has 0 N–H and O–H groups in total. The second kappa shape index (κ2) is 2.76. The van der Waals surface area contributed by atoms with Crippen LogP contribution in [-0.4, -0.2) is 9.97 Å². The van der Waals surface area contributed by atoms with Crippen molar-refractivity contribution in [3.8, 4) is 6.07 Å². The molecule has 0 unspecified atom stereocenters. The molecule has 1 rings (SSSR count). The third kappa shape index (κ3) is 1.31. The van der Waals surface area contributed by atoms with Crippen molar-refractivity contribution < 1.29 is 0 Å². The molecule has 1 aromatic heterocycles. The lowest BCUT2D eigenvalue weighted by atomic mass is 10.4. The van der Waals surface area contributed by atoms with Crippen LogP contribution < -0.4 is 0 Å². The molecule has 0 aliphatic rings. The highest BCUT2D eigenvalue weighted by atomic mass is 79.9. The predicted molar refractivity (Wildman–Crippen MR) is 39.2 cm³/mol. The second-order valence-corrected chi connectivity index (χ2v) is 2.49. The van der Waals surface area contributed by atoms with Crippen molar-refractivity contribution >= 4 is 15.9 Å². The average Bonchev–Trinajstić information content (AvgIpc) is 1.95. The van der Waals surface area contributed by atoms with Crippen LogP contribution in [0.25, 0.3) is 0 Å². The number of rotatable bonds is 0. The molecular weight excluding hydrogens is 194 g/mol. The normalized spacial score (nSPS) is 8.90. The summed E-state index contributed by atoms with van der Waals surface area (Å²) in [6.07, 6.45) is 1.43. The molecule has 10 heavy (non-hydrogen) atoms. The van der Waals surface area contributed by atoms with Gasteiger partial charge in [0.1, 0.15) is 10.7 Å². The smallest absolute Gasteiger partial charge is 0.159 e. The molecule has 0 fully saturated rings. The Morgan fingerprint density at radius 3 is 2.90 bits per heavy atom. The molecule has 1 heterocycles. The first-order valence-electron chi connectivity index (χ1n) is 2.63. The Labute approximate surface area is 66.9 Å². The Balaban J connectivity index is 3.20. The van der Waals surface area contributed by atoms with Gasteiger partial charge in [0.2, 0.25) is 0 Å². The van der Waals surface area contributed by atoms with Gasteiger partial charge in [0.15, 0.2) is 5.69 Å². The highest BCUT2D eigenvalue weighted by molar-refractivity contribution is 9.10. The highest BCUT2D eigenvalue weighted by Crippen LogP contribution is 2.08. The molecule has 3 nitrogen and oxygen atoms in total. The fourth-order valence-corrected chi connectivity index (χ4v) is 0.712. The monoisotopic (exact) mass is 197 g/mol. The second-order valence-electron chi connectivity index (χ2n) is 1.74. The van der Waals surface area contributed by atoms with E-state index in [0.717, 1.165) is 5.69 Å². The van der Waals surface area contributed by atoms with Crippen molar-refractivity contribution in [1.82, 2.24) is 9.97 Å². The Morgan fingerprint density at radius 1 is 1.70 bits per heavy atom. The van der Waals surface area contributed by atoms with E-state index in [9.17, 15) is 0 Å². The van der Waals surface area contributed by atoms with Gasteiger partial charge in [0, 0.05) is 0 Å². The third-order valence-electron chi connectivity index (χ3n) is 1.00. The van der Waals surface area contributed by atoms with Gasteiger partial charge >= 0.3 is 0 Å². The molecule has 0 amide bonds. The van der Waals surface area contributed by atoms with Gasteiger partial charge in [-0.1, -0.05) is 0 Å². The maximum absolute atomic E-state index is 8.39. The van der Waals surface area contributed by atoms with Crippen LogP contribution in [0.2, 0.25) is 0 Å². The predicted octanol–water partition coefficient (Wildman–Crippen LogP) is 1.42. The van der Waals surface area contributed by atoms with E-state index in [1.54, 1.807) is 6.92 Å². The van der Waals surface area contributed by atoms with Gasteiger partial charge < -0.3 is 0 Å². The number of hydrogen-bond donors (Lipinski definition) is 0. The molecule has 0 aliphatic heterocycles. The molecule has 0 aromatic carbocycles. The molecule has 0 spiro atoms. The van der Waals surface area contributed by atoms with Crippen molar-refractivity contribution in [3.05, 3.63) is 22.2 Å². The maximum atomic E-state index is 8.39. The minimum absolute atomic E-state index is 0.348. The minimum atomic E-state index is 0.348. The van der Waals surface area contributed by atoms with Crippen molar-refractivity contribution in [1.29, 1.82) is 5.26 Å². The summed E-state index contributed by atoms with van der Waals surface area (Å²) in [7, 11) is 0. The quantitative estimate of drug-likeness (QED) is 0.633. The topological polar surface area (TPSA) is 49.6 Å². The molecule has 0 aliphatic carbocycles. The lowest BCUT2D eigenvalue weighted by molar-refractivity contribution is 1.06. The summed E-state index contributed by atoms with van der Waals surface area (Å²) < 4.78 is 0.687. The number of nitrogens with zero attached hydrogens (tertiary/aromatic N) is 3. The number of aryl methyl sites for hydroxylation is 1. The highest BCUT2D eigenvalue weighted by Gasteiger charge is 1.97. The largest absolute Gasteiger partial charge is 0.244 e. The lowest BCUT2D eigenvalue weighted by Crippen LogP contribution is -1.90. The minimum Gasteiger partial charge on any atom is -0.244 e.